The number of Topliss-reactive ketones (excluding diaryl/α,β-unsaturated/α-hetero) is 1. The molecule has 17 heteroatoms. The molecule has 4 amide bonds. The fourth-order valence-corrected chi connectivity index (χ4v) is 11.2. The normalized spacial score (nSPS) is 16.6. The van der Waals surface area contributed by atoms with E-state index in [1.807, 2.05) is 63.2 Å². The number of amides is 4. The van der Waals surface area contributed by atoms with Gasteiger partial charge in [0.15, 0.2) is 5.78 Å². The van der Waals surface area contributed by atoms with Gasteiger partial charge in [-0.1, -0.05) is 120 Å². The molecule has 7 unspecified atom stereocenters. The topological polar surface area (TPSA) is 213 Å². The van der Waals surface area contributed by atoms with E-state index in [9.17, 15) is 38.3 Å². The van der Waals surface area contributed by atoms with Gasteiger partial charge in [0.05, 0.1) is 28.8 Å². The Hall–Kier alpha value is -4.57. The van der Waals surface area contributed by atoms with Crippen LogP contribution in [0.1, 0.15) is 81.4 Å². The third kappa shape index (κ3) is 13.7. The first kappa shape index (κ1) is 49.4. The van der Waals surface area contributed by atoms with Gasteiger partial charge in [0.1, 0.15) is 18.1 Å². The Bertz CT molecular complexity index is 2220. The van der Waals surface area contributed by atoms with Gasteiger partial charge in [0.25, 0.3) is 0 Å². The lowest BCUT2D eigenvalue weighted by Crippen LogP contribution is -2.59. The summed E-state index contributed by atoms with van der Waals surface area (Å²) in [7, 11) is -5.39. The van der Waals surface area contributed by atoms with Gasteiger partial charge in [-0.25, -0.2) is 4.57 Å². The van der Waals surface area contributed by atoms with Gasteiger partial charge in [-0.2, -0.15) is 0 Å². The lowest BCUT2D eigenvalue weighted by molar-refractivity contribution is -0.134. The van der Waals surface area contributed by atoms with Gasteiger partial charge in [0, 0.05) is 29.2 Å². The molecule has 4 aromatic rings. The monoisotopic (exact) mass is 919 g/mol. The minimum absolute atomic E-state index is 0.112. The number of nitrogens with one attached hydrogen (secondary N) is 4. The SMILES string of the molecule is CCC(C(=O)NC(C(=O)NC(C(=O)c1ccccc1)C(CC(C(=O)NC(C(=O)NCc1ccccn1)C(C)CC)C(C)C)OP(=O)(O)O)C1SCCS1)c1cccc2ccccc12. The average molecular weight is 920 g/mol. The highest BCUT2D eigenvalue weighted by molar-refractivity contribution is 8.20. The first-order chi connectivity index (χ1) is 30.1. The van der Waals surface area contributed by atoms with Crippen LogP contribution in [-0.2, 0) is 34.8 Å². The van der Waals surface area contributed by atoms with Crippen LogP contribution in [-0.4, -0.2) is 84.5 Å². The van der Waals surface area contributed by atoms with E-state index in [1.165, 1.54) is 35.7 Å². The minimum atomic E-state index is -5.39. The number of carbonyl (C=O) groups is 5. The molecule has 0 saturated carbocycles. The molecule has 14 nitrogen and oxygen atoms in total. The van der Waals surface area contributed by atoms with Crippen LogP contribution in [0.4, 0.5) is 0 Å². The molecule has 6 N–H and O–H groups in total. The van der Waals surface area contributed by atoms with Crippen LogP contribution in [0.2, 0.25) is 0 Å². The van der Waals surface area contributed by atoms with E-state index >= 15 is 0 Å². The smallest absolute Gasteiger partial charge is 0.349 e. The largest absolute Gasteiger partial charge is 0.469 e. The van der Waals surface area contributed by atoms with Crippen LogP contribution < -0.4 is 21.3 Å². The molecule has 0 spiro atoms. The van der Waals surface area contributed by atoms with Crippen molar-refractivity contribution in [2.45, 2.75) is 95.2 Å². The molecular weight excluding hydrogens is 862 g/mol. The van der Waals surface area contributed by atoms with E-state index in [-0.39, 0.29) is 18.0 Å². The first-order valence-electron chi connectivity index (χ1n) is 21.2. The first-order valence-corrected chi connectivity index (χ1v) is 24.9. The number of nitrogens with zero attached hydrogens (tertiary/aromatic N) is 1. The summed E-state index contributed by atoms with van der Waals surface area (Å²) in [6.45, 7) is 9.17. The van der Waals surface area contributed by atoms with Gasteiger partial charge in [-0.05, 0) is 53.1 Å². The van der Waals surface area contributed by atoms with Gasteiger partial charge in [-0.3, -0.25) is 33.5 Å². The standard InChI is InChI=1S/C46H58N5O9PS2/c1-6-29(5)38(44(55)48-27-32-20-13-14-23-47-32)49-43(54)36(28(3)4)26-37(60-61(57,58)59)39(41(52)31-17-9-8-10-18-31)50-45(56)40(46-62-24-25-63-46)51-42(53)33(7-2)35-22-15-19-30-16-11-12-21-34(30)35/h8-23,28-29,33,36-40,46H,6-7,24-27H2,1-5H3,(H,48,55)(H,49,54)(H,50,56)(H,51,53)(H2,57,58,59). The maximum absolute atomic E-state index is 14.7. The number of rotatable bonds is 22. The lowest BCUT2D eigenvalue weighted by Gasteiger charge is -2.34. The fourth-order valence-electron chi connectivity index (χ4n) is 7.63. The van der Waals surface area contributed by atoms with Crippen molar-refractivity contribution in [3.63, 3.8) is 0 Å². The van der Waals surface area contributed by atoms with Gasteiger partial charge < -0.3 is 31.1 Å². The van der Waals surface area contributed by atoms with Crippen molar-refractivity contribution >= 4 is 71.5 Å². The van der Waals surface area contributed by atoms with E-state index in [2.05, 4.69) is 26.3 Å². The number of thioether (sulfide) groups is 2. The second-order valence-electron chi connectivity index (χ2n) is 16.0. The van der Waals surface area contributed by atoms with Crippen LogP contribution in [0.25, 0.3) is 10.8 Å². The molecule has 1 aliphatic rings. The Kier molecular flexibility index (Phi) is 18.4. The summed E-state index contributed by atoms with van der Waals surface area (Å²) in [6, 6.07) is 22.8. The number of carbonyl (C=O) groups excluding carboxylic acids is 5. The number of hydrogen-bond donors (Lipinski definition) is 6. The van der Waals surface area contributed by atoms with Crippen molar-refractivity contribution in [3.8, 4) is 0 Å². The second kappa shape index (κ2) is 23.4. The predicted molar refractivity (Wildman–Crippen MR) is 248 cm³/mol. The van der Waals surface area contributed by atoms with E-state index in [1.54, 1.807) is 56.4 Å². The highest BCUT2D eigenvalue weighted by Gasteiger charge is 2.43. The molecule has 0 radical (unpaired) electrons. The van der Waals surface area contributed by atoms with Crippen LogP contribution >= 0.6 is 31.3 Å². The second-order valence-corrected chi connectivity index (χ2v) is 20.0. The number of ketones is 1. The number of hydrogen-bond acceptors (Lipinski definition) is 10. The molecule has 1 aromatic heterocycles. The third-order valence-corrected chi connectivity index (χ3v) is 15.0. The zero-order valence-corrected chi connectivity index (χ0v) is 38.7. The van der Waals surface area contributed by atoms with Crippen molar-refractivity contribution in [2.75, 3.05) is 11.5 Å². The summed E-state index contributed by atoms with van der Waals surface area (Å²) in [6.07, 6.45) is 0.377. The molecule has 0 bridgehead atoms. The molecule has 0 aliphatic carbocycles. The van der Waals surface area contributed by atoms with Crippen molar-refractivity contribution in [2.24, 2.45) is 17.8 Å². The van der Waals surface area contributed by atoms with Crippen LogP contribution in [0.15, 0.2) is 97.2 Å². The van der Waals surface area contributed by atoms with E-state index in [4.69, 9.17) is 4.52 Å². The zero-order valence-electron chi connectivity index (χ0n) is 36.1. The molecular formula is C46H58N5O9PS2. The average Bonchev–Trinajstić information content (AvgIpc) is 3.82. The molecule has 1 fully saturated rings. The maximum atomic E-state index is 14.7. The summed E-state index contributed by atoms with van der Waals surface area (Å²) in [5.41, 5.74) is 1.53. The molecule has 1 aliphatic heterocycles. The quantitative estimate of drug-likeness (QED) is 0.0375. The Morgan fingerprint density at radius 1 is 0.762 bits per heavy atom. The summed E-state index contributed by atoms with van der Waals surface area (Å²) < 4.78 is 17.7. The molecule has 1 saturated heterocycles. The maximum Gasteiger partial charge on any atom is 0.469 e. The number of aromatic nitrogens is 1. The van der Waals surface area contributed by atoms with Crippen molar-refractivity contribution in [1.29, 1.82) is 0 Å². The van der Waals surface area contributed by atoms with Crippen LogP contribution in [0.5, 0.6) is 0 Å². The van der Waals surface area contributed by atoms with Gasteiger partial charge in [0.2, 0.25) is 23.6 Å². The number of phosphoric ester groups is 1. The Morgan fingerprint density at radius 3 is 2.05 bits per heavy atom. The van der Waals surface area contributed by atoms with Crippen molar-refractivity contribution in [1.82, 2.24) is 26.3 Å². The molecule has 7 atom stereocenters. The van der Waals surface area contributed by atoms with Crippen LogP contribution in [0, 0.1) is 17.8 Å². The predicted octanol–water partition coefficient (Wildman–Crippen LogP) is 6.37. The fraction of sp³-hybridized carbons (Fsp3) is 0.435. The molecule has 3 aromatic carbocycles. The summed E-state index contributed by atoms with van der Waals surface area (Å²) in [4.78, 5) is 96.3. The zero-order chi connectivity index (χ0) is 45.7. The van der Waals surface area contributed by atoms with Crippen molar-refractivity contribution in [3.05, 3.63) is 114 Å². The summed E-state index contributed by atoms with van der Waals surface area (Å²) in [5, 5.41) is 13.3. The number of pyridine rings is 1. The summed E-state index contributed by atoms with van der Waals surface area (Å²) >= 11 is 2.96. The van der Waals surface area contributed by atoms with Gasteiger partial charge >= 0.3 is 7.82 Å². The lowest BCUT2D eigenvalue weighted by atomic mass is 9.85. The van der Waals surface area contributed by atoms with Crippen LogP contribution in [0.3, 0.4) is 0 Å². The summed E-state index contributed by atoms with van der Waals surface area (Å²) in [5.74, 6) is -4.03. The van der Waals surface area contributed by atoms with Crippen molar-refractivity contribution < 1.29 is 42.8 Å². The van der Waals surface area contributed by atoms with Gasteiger partial charge in [-0.15, -0.1) is 23.5 Å². The number of benzene rings is 3. The third-order valence-electron chi connectivity index (χ3n) is 11.3. The Balaban J connectivity index is 1.46. The number of phosphoric acid groups is 1. The molecule has 338 valence electrons. The molecule has 5 rings (SSSR count). The minimum Gasteiger partial charge on any atom is -0.349 e. The Morgan fingerprint density at radius 2 is 1.41 bits per heavy atom. The van der Waals surface area contributed by atoms with E-state index in [0.717, 1.165) is 16.3 Å². The Labute approximate surface area is 377 Å². The van der Waals surface area contributed by atoms with E-state index < -0.39 is 90.2 Å². The molecule has 2 heterocycles. The van der Waals surface area contributed by atoms with E-state index in [0.29, 0.717) is 30.0 Å². The number of fused-ring (bicyclic) bond motifs is 1. The molecule has 63 heavy (non-hydrogen) atoms. The highest BCUT2D eigenvalue weighted by Crippen LogP contribution is 2.41. The highest BCUT2D eigenvalue weighted by atomic mass is 32.2.